The van der Waals surface area contributed by atoms with Crippen molar-refractivity contribution in [2.75, 3.05) is 26.2 Å². The molecule has 2 amide bonds. The minimum absolute atomic E-state index is 0. The lowest BCUT2D eigenvalue weighted by Crippen LogP contribution is -2.51. The summed E-state index contributed by atoms with van der Waals surface area (Å²) in [5.74, 6) is -0.348. The third-order valence-electron chi connectivity index (χ3n) is 4.23. The molecule has 1 fully saturated rings. The molecule has 0 aliphatic carbocycles. The summed E-state index contributed by atoms with van der Waals surface area (Å²) in [5, 5.41) is 6.65. The van der Waals surface area contributed by atoms with Crippen LogP contribution in [0.15, 0.2) is 54.6 Å². The molecule has 2 N–H and O–H groups in total. The van der Waals surface area contributed by atoms with Crippen LogP contribution in [0.3, 0.4) is 0 Å². The zero-order valence-electron chi connectivity index (χ0n) is 14.2. The molecule has 0 bridgehead atoms. The Hall–Kier alpha value is -2.08. The topological polar surface area (TPSA) is 61.4 Å². The number of carbonyl (C=O) groups is 2. The van der Waals surface area contributed by atoms with Crippen molar-refractivity contribution in [2.24, 2.45) is 0 Å². The molecular weight excluding hydrogens is 373 g/mol. The van der Waals surface area contributed by atoms with Crippen LogP contribution in [-0.4, -0.2) is 42.9 Å². The highest BCUT2D eigenvalue weighted by Gasteiger charge is 2.28. The van der Waals surface area contributed by atoms with Gasteiger partial charge in [-0.1, -0.05) is 41.9 Å². The maximum absolute atomic E-state index is 12.7. The van der Waals surface area contributed by atoms with E-state index in [-0.39, 0.29) is 36.8 Å². The second-order valence-electron chi connectivity index (χ2n) is 5.91. The van der Waals surface area contributed by atoms with Gasteiger partial charge in [0.05, 0.1) is 12.6 Å². The number of hydrogen-bond acceptors (Lipinski definition) is 3. The summed E-state index contributed by atoms with van der Waals surface area (Å²) in [6.45, 7) is 1.97. The number of nitrogens with one attached hydrogen (secondary N) is 2. The van der Waals surface area contributed by atoms with E-state index in [4.69, 9.17) is 11.6 Å². The van der Waals surface area contributed by atoms with Crippen molar-refractivity contribution in [3.05, 3.63) is 70.7 Å². The fraction of sp³-hybridized carbons (Fsp3) is 0.263. The van der Waals surface area contributed by atoms with Gasteiger partial charge in [-0.3, -0.25) is 9.59 Å². The minimum atomic E-state index is -0.247. The van der Waals surface area contributed by atoms with Crippen molar-refractivity contribution in [3.63, 3.8) is 0 Å². The molecular formula is C19H21Cl2N3O2. The van der Waals surface area contributed by atoms with Gasteiger partial charge in [0.25, 0.3) is 5.91 Å². The normalized spacial score (nSPS) is 16.5. The fourth-order valence-corrected chi connectivity index (χ4v) is 3.16. The number of hydrogen-bond donors (Lipinski definition) is 2. The van der Waals surface area contributed by atoms with Crippen molar-refractivity contribution >= 4 is 35.8 Å². The van der Waals surface area contributed by atoms with Crippen LogP contribution in [0.4, 0.5) is 0 Å². The highest BCUT2D eigenvalue weighted by molar-refractivity contribution is 6.30. The summed E-state index contributed by atoms with van der Waals surface area (Å²) in [4.78, 5) is 26.6. The molecule has 7 heteroatoms. The van der Waals surface area contributed by atoms with Gasteiger partial charge in [-0.2, -0.15) is 0 Å². The molecule has 1 heterocycles. The molecule has 1 saturated heterocycles. The minimum Gasteiger partial charge on any atom is -0.343 e. The summed E-state index contributed by atoms with van der Waals surface area (Å²) in [6, 6.07) is 16.3. The zero-order valence-corrected chi connectivity index (χ0v) is 15.7. The molecule has 1 unspecified atom stereocenters. The molecule has 0 radical (unpaired) electrons. The van der Waals surface area contributed by atoms with Gasteiger partial charge >= 0.3 is 0 Å². The number of nitrogens with zero attached hydrogens (tertiary/aromatic N) is 1. The molecule has 0 spiro atoms. The van der Waals surface area contributed by atoms with Gasteiger partial charge < -0.3 is 15.5 Å². The van der Waals surface area contributed by atoms with E-state index >= 15 is 0 Å². The van der Waals surface area contributed by atoms with E-state index in [9.17, 15) is 9.59 Å². The highest BCUT2D eigenvalue weighted by Crippen LogP contribution is 2.24. The SMILES string of the molecule is Cl.O=C(NCC(=O)N1CCNCC1c1cccc(Cl)c1)c1ccccc1. The van der Waals surface area contributed by atoms with Gasteiger partial charge in [0.2, 0.25) is 5.91 Å². The monoisotopic (exact) mass is 393 g/mol. The summed E-state index contributed by atoms with van der Waals surface area (Å²) in [5.41, 5.74) is 1.53. The Morgan fingerprint density at radius 3 is 2.65 bits per heavy atom. The third kappa shape index (κ3) is 4.97. The van der Waals surface area contributed by atoms with Crippen molar-refractivity contribution in [3.8, 4) is 0 Å². The summed E-state index contributed by atoms with van der Waals surface area (Å²) >= 11 is 6.08. The van der Waals surface area contributed by atoms with Crippen LogP contribution in [0.2, 0.25) is 5.02 Å². The maximum Gasteiger partial charge on any atom is 0.251 e. The number of carbonyl (C=O) groups excluding carboxylic acids is 2. The molecule has 3 rings (SSSR count). The van der Waals surface area contributed by atoms with Crippen LogP contribution in [0.5, 0.6) is 0 Å². The number of piperazine rings is 1. The first kappa shape index (κ1) is 20.2. The first-order valence-electron chi connectivity index (χ1n) is 8.24. The van der Waals surface area contributed by atoms with Crippen LogP contribution >= 0.6 is 24.0 Å². The van der Waals surface area contributed by atoms with E-state index < -0.39 is 0 Å². The second-order valence-corrected chi connectivity index (χ2v) is 6.35. The van der Waals surface area contributed by atoms with Crippen LogP contribution in [0, 0.1) is 0 Å². The molecule has 1 atom stereocenters. The van der Waals surface area contributed by atoms with E-state index in [1.807, 2.05) is 30.3 Å². The Morgan fingerprint density at radius 2 is 1.92 bits per heavy atom. The molecule has 0 aromatic heterocycles. The Labute approximate surface area is 164 Å². The first-order chi connectivity index (χ1) is 12.1. The van der Waals surface area contributed by atoms with Crippen molar-refractivity contribution in [2.45, 2.75) is 6.04 Å². The number of benzene rings is 2. The van der Waals surface area contributed by atoms with E-state index in [0.29, 0.717) is 23.7 Å². The van der Waals surface area contributed by atoms with E-state index in [1.165, 1.54) is 0 Å². The largest absolute Gasteiger partial charge is 0.343 e. The van der Waals surface area contributed by atoms with Crippen molar-refractivity contribution in [1.82, 2.24) is 15.5 Å². The molecule has 138 valence electrons. The number of amides is 2. The van der Waals surface area contributed by atoms with Gasteiger partial charge in [-0.05, 0) is 29.8 Å². The zero-order chi connectivity index (χ0) is 17.6. The molecule has 26 heavy (non-hydrogen) atoms. The van der Waals surface area contributed by atoms with E-state index in [0.717, 1.165) is 12.1 Å². The van der Waals surface area contributed by atoms with Crippen LogP contribution < -0.4 is 10.6 Å². The number of halogens is 2. The van der Waals surface area contributed by atoms with Crippen molar-refractivity contribution in [1.29, 1.82) is 0 Å². The summed E-state index contributed by atoms with van der Waals surface area (Å²) in [7, 11) is 0. The molecule has 1 aliphatic rings. The third-order valence-corrected chi connectivity index (χ3v) is 4.47. The van der Waals surface area contributed by atoms with Crippen LogP contribution in [0.1, 0.15) is 22.0 Å². The highest BCUT2D eigenvalue weighted by atomic mass is 35.5. The smallest absolute Gasteiger partial charge is 0.251 e. The lowest BCUT2D eigenvalue weighted by molar-refractivity contribution is -0.133. The predicted octanol–water partition coefficient (Wildman–Crippen LogP) is 2.66. The molecule has 0 saturated carbocycles. The maximum atomic E-state index is 12.7. The average Bonchev–Trinajstić information content (AvgIpc) is 2.66. The van der Waals surface area contributed by atoms with Gasteiger partial charge in [0, 0.05) is 30.2 Å². The van der Waals surface area contributed by atoms with Crippen LogP contribution in [-0.2, 0) is 4.79 Å². The lowest BCUT2D eigenvalue weighted by atomic mass is 10.0. The predicted molar refractivity (Wildman–Crippen MR) is 105 cm³/mol. The van der Waals surface area contributed by atoms with E-state index in [1.54, 1.807) is 29.2 Å². The standard InChI is InChI=1S/C19H20ClN3O2.ClH/c20-16-8-4-7-15(11-16)17-12-21-9-10-23(17)18(24)13-22-19(25)14-5-2-1-3-6-14;/h1-8,11,17,21H,9-10,12-13H2,(H,22,25);1H. The summed E-state index contributed by atoms with van der Waals surface area (Å²) in [6.07, 6.45) is 0. The van der Waals surface area contributed by atoms with Crippen LogP contribution in [0.25, 0.3) is 0 Å². The van der Waals surface area contributed by atoms with E-state index in [2.05, 4.69) is 10.6 Å². The molecule has 1 aliphatic heterocycles. The summed E-state index contributed by atoms with van der Waals surface area (Å²) < 4.78 is 0. The molecule has 2 aromatic carbocycles. The van der Waals surface area contributed by atoms with Gasteiger partial charge in [0.1, 0.15) is 0 Å². The first-order valence-corrected chi connectivity index (χ1v) is 8.62. The Bertz CT molecular complexity index is 755. The Kier molecular flexibility index (Phi) is 7.45. The second kappa shape index (κ2) is 9.57. The van der Waals surface area contributed by atoms with Gasteiger partial charge in [-0.15, -0.1) is 12.4 Å². The van der Waals surface area contributed by atoms with Gasteiger partial charge in [0.15, 0.2) is 0 Å². The number of rotatable bonds is 4. The Morgan fingerprint density at radius 1 is 1.15 bits per heavy atom. The molecule has 2 aromatic rings. The fourth-order valence-electron chi connectivity index (χ4n) is 2.96. The van der Waals surface area contributed by atoms with Crippen molar-refractivity contribution < 1.29 is 9.59 Å². The quantitative estimate of drug-likeness (QED) is 0.839. The van der Waals surface area contributed by atoms with Gasteiger partial charge in [-0.25, -0.2) is 0 Å². The Balaban J connectivity index is 0.00000243. The lowest BCUT2D eigenvalue weighted by Gasteiger charge is -2.36. The average molecular weight is 394 g/mol. The molecule has 5 nitrogen and oxygen atoms in total.